The highest BCUT2D eigenvalue weighted by Crippen LogP contribution is 1.90. The van der Waals surface area contributed by atoms with Gasteiger partial charge in [-0.25, -0.2) is 4.98 Å². The topological polar surface area (TPSA) is 28.7 Å². The lowest BCUT2D eigenvalue weighted by atomic mass is 10.7. The molecule has 0 saturated heterocycles. The van der Waals surface area contributed by atoms with Crippen LogP contribution < -0.4 is 0 Å². The minimum atomic E-state index is 0.576. The number of H-pyrrole nitrogens is 1. The van der Waals surface area contributed by atoms with Crippen LogP contribution in [0.4, 0.5) is 0 Å². The van der Waals surface area contributed by atoms with Crippen molar-refractivity contribution in [3.8, 4) is 0 Å². The van der Waals surface area contributed by atoms with Crippen molar-refractivity contribution in [3.63, 3.8) is 0 Å². The van der Waals surface area contributed by atoms with E-state index in [9.17, 15) is 0 Å². The highest BCUT2D eigenvalue weighted by Gasteiger charge is 1.84. The molecule has 0 unspecified atom stereocenters. The molecule has 37 valence electrons. The zero-order valence-electron chi connectivity index (χ0n) is 3.72. The van der Waals surface area contributed by atoms with Crippen molar-refractivity contribution in [2.45, 2.75) is 5.75 Å². The number of hydrogen-bond donors (Lipinski definition) is 1. The summed E-state index contributed by atoms with van der Waals surface area (Å²) in [5.41, 5.74) is 0. The van der Waals surface area contributed by atoms with Crippen LogP contribution in [0, 0.1) is 0 Å². The molecule has 0 bridgehead atoms. The molecule has 0 aliphatic carbocycles. The van der Waals surface area contributed by atoms with Crippen LogP contribution in [0.2, 0.25) is 0 Å². The van der Waals surface area contributed by atoms with Gasteiger partial charge in [0.25, 0.3) is 0 Å². The van der Waals surface area contributed by atoms with E-state index in [1.54, 1.807) is 12.4 Å². The molecule has 1 heterocycles. The van der Waals surface area contributed by atoms with Gasteiger partial charge in [0.2, 0.25) is 0 Å². The van der Waals surface area contributed by atoms with E-state index in [-0.39, 0.29) is 0 Å². The monoisotopic (exact) mass is 113 g/mol. The van der Waals surface area contributed by atoms with Crippen LogP contribution in [0.1, 0.15) is 5.82 Å². The average Bonchev–Trinajstić information content (AvgIpc) is 2.14. The number of aromatic amines is 1. The Hall–Kier alpha value is -0.440. The van der Waals surface area contributed by atoms with Crippen LogP contribution in [0.15, 0.2) is 12.4 Å². The second-order valence-electron chi connectivity index (χ2n) is 1.18. The average molecular weight is 113 g/mol. The molecule has 1 rings (SSSR count). The van der Waals surface area contributed by atoms with Gasteiger partial charge in [-0.3, -0.25) is 0 Å². The van der Waals surface area contributed by atoms with E-state index in [0.29, 0.717) is 5.75 Å². The summed E-state index contributed by atoms with van der Waals surface area (Å²) in [6, 6.07) is 0. The van der Waals surface area contributed by atoms with Gasteiger partial charge in [0, 0.05) is 12.4 Å². The summed E-state index contributed by atoms with van der Waals surface area (Å²) in [6.07, 6.45) is 3.46. The van der Waals surface area contributed by atoms with Crippen LogP contribution in [0.25, 0.3) is 0 Å². The van der Waals surface area contributed by atoms with Crippen LogP contribution in [0.3, 0.4) is 0 Å². The van der Waals surface area contributed by atoms with E-state index in [2.05, 4.69) is 22.6 Å². The lowest BCUT2D eigenvalue weighted by Crippen LogP contribution is -1.76. The molecule has 0 amide bonds. The van der Waals surface area contributed by atoms with E-state index < -0.39 is 0 Å². The largest absolute Gasteiger partial charge is 0.348 e. The molecule has 0 atom stereocenters. The fourth-order valence-corrected chi connectivity index (χ4v) is 0.535. The van der Waals surface area contributed by atoms with Crippen LogP contribution in [-0.4, -0.2) is 9.97 Å². The van der Waals surface area contributed by atoms with Crippen molar-refractivity contribution in [1.82, 2.24) is 9.97 Å². The Morgan fingerprint density at radius 2 is 2.71 bits per heavy atom. The number of nitrogens with one attached hydrogen (secondary N) is 1. The highest BCUT2D eigenvalue weighted by molar-refractivity contribution is 7.79. The molecule has 0 aliphatic heterocycles. The maximum atomic E-state index is 4.68. The zero-order chi connectivity index (χ0) is 5.11. The first kappa shape index (κ1) is 4.71. The predicted molar refractivity (Wildman–Crippen MR) is 29.9 cm³/mol. The van der Waals surface area contributed by atoms with Gasteiger partial charge in [-0.05, 0) is 0 Å². The summed E-state index contributed by atoms with van der Waals surface area (Å²) in [5, 5.41) is 0. The number of imidazole rings is 1. The van der Waals surface area contributed by atoms with Crippen molar-refractivity contribution in [3.05, 3.63) is 18.2 Å². The van der Waals surface area contributed by atoms with Gasteiger partial charge in [-0.1, -0.05) is 12.6 Å². The van der Waals surface area contributed by atoms with Gasteiger partial charge in [0.1, 0.15) is 5.82 Å². The molecule has 0 aromatic carbocycles. The molecule has 1 aromatic rings. The number of nitrogens with zero attached hydrogens (tertiary/aromatic N) is 1. The van der Waals surface area contributed by atoms with E-state index in [4.69, 9.17) is 0 Å². The Balaban J connectivity index is 2.76. The Labute approximate surface area is 47.4 Å². The van der Waals surface area contributed by atoms with Crippen molar-refractivity contribution >= 4 is 12.6 Å². The summed E-state index contributed by atoms with van der Waals surface area (Å²) in [7, 11) is 0. The Morgan fingerprint density at radius 3 is 3.00 bits per heavy atom. The second-order valence-corrected chi connectivity index (χ2v) is 1.47. The second kappa shape index (κ2) is 2.02. The molecule has 2 nitrogen and oxygen atoms in total. The normalized spacial score (nSPS) is 9.29. The molecular formula is C4H5N2S. The van der Waals surface area contributed by atoms with E-state index in [1.165, 1.54) is 0 Å². The standard InChI is InChI=1S/C4H5N2S/c7-3-4-5-1-2-6-4/h1-2H,3H2,(H,5,6). The smallest absolute Gasteiger partial charge is 0.116 e. The van der Waals surface area contributed by atoms with Gasteiger partial charge in [0.05, 0.1) is 5.75 Å². The predicted octanol–water partition coefficient (Wildman–Crippen LogP) is 1.11. The van der Waals surface area contributed by atoms with Crippen LogP contribution in [0.5, 0.6) is 0 Å². The van der Waals surface area contributed by atoms with E-state index >= 15 is 0 Å². The third-order valence-corrected chi connectivity index (χ3v) is 0.965. The van der Waals surface area contributed by atoms with Gasteiger partial charge in [0.15, 0.2) is 0 Å². The quantitative estimate of drug-likeness (QED) is 0.580. The lowest BCUT2D eigenvalue weighted by Gasteiger charge is -1.77. The number of rotatable bonds is 1. The first-order valence-electron chi connectivity index (χ1n) is 2.00. The van der Waals surface area contributed by atoms with Gasteiger partial charge in [-0.15, -0.1) is 0 Å². The van der Waals surface area contributed by atoms with Gasteiger partial charge < -0.3 is 4.98 Å². The first-order valence-corrected chi connectivity index (χ1v) is 2.57. The molecule has 0 aliphatic rings. The molecule has 1 aromatic heterocycles. The fourth-order valence-electron chi connectivity index (χ4n) is 0.377. The van der Waals surface area contributed by atoms with Crippen LogP contribution in [-0.2, 0) is 5.75 Å². The maximum absolute atomic E-state index is 4.68. The minimum absolute atomic E-state index is 0.576. The Morgan fingerprint density at radius 1 is 1.86 bits per heavy atom. The maximum Gasteiger partial charge on any atom is 0.116 e. The van der Waals surface area contributed by atoms with Crippen molar-refractivity contribution in [2.75, 3.05) is 0 Å². The number of aromatic nitrogens is 2. The first-order chi connectivity index (χ1) is 3.43. The van der Waals surface area contributed by atoms with E-state index in [1.807, 2.05) is 0 Å². The number of hydrogen-bond acceptors (Lipinski definition) is 1. The Kier molecular flexibility index (Phi) is 1.36. The van der Waals surface area contributed by atoms with Gasteiger partial charge >= 0.3 is 0 Å². The zero-order valence-corrected chi connectivity index (χ0v) is 4.53. The molecule has 0 saturated carbocycles. The SMILES string of the molecule is [S]Cc1ncc[nH]1. The summed E-state index contributed by atoms with van der Waals surface area (Å²) < 4.78 is 0. The Bertz CT molecular complexity index is 124. The summed E-state index contributed by atoms with van der Waals surface area (Å²) in [6.45, 7) is 0. The lowest BCUT2D eigenvalue weighted by molar-refractivity contribution is 1.13. The highest BCUT2D eigenvalue weighted by atomic mass is 32.1. The van der Waals surface area contributed by atoms with Crippen molar-refractivity contribution in [2.24, 2.45) is 0 Å². The van der Waals surface area contributed by atoms with Crippen molar-refractivity contribution < 1.29 is 0 Å². The molecule has 1 radical (unpaired) electrons. The summed E-state index contributed by atoms with van der Waals surface area (Å²) >= 11 is 4.68. The fraction of sp³-hybridized carbons (Fsp3) is 0.250. The van der Waals surface area contributed by atoms with Gasteiger partial charge in [-0.2, -0.15) is 0 Å². The van der Waals surface area contributed by atoms with Crippen LogP contribution >= 0.6 is 12.6 Å². The molecular weight excluding hydrogens is 108 g/mol. The van der Waals surface area contributed by atoms with E-state index in [0.717, 1.165) is 5.82 Å². The molecule has 3 heteroatoms. The van der Waals surface area contributed by atoms with Crippen molar-refractivity contribution in [1.29, 1.82) is 0 Å². The molecule has 7 heavy (non-hydrogen) atoms. The minimum Gasteiger partial charge on any atom is -0.348 e. The molecule has 0 fully saturated rings. The summed E-state index contributed by atoms with van der Waals surface area (Å²) in [5.74, 6) is 1.45. The third-order valence-electron chi connectivity index (χ3n) is 0.692. The molecule has 1 N–H and O–H groups in total. The third kappa shape index (κ3) is 0.962. The summed E-state index contributed by atoms with van der Waals surface area (Å²) in [4.78, 5) is 6.75. The molecule has 0 spiro atoms.